The molecule has 0 bridgehead atoms. The number of nitrogens with one attached hydrogen (secondary N) is 1. The Balaban J connectivity index is 1.70. The first-order valence-corrected chi connectivity index (χ1v) is 6.24. The zero-order valence-corrected chi connectivity index (χ0v) is 9.68. The maximum absolute atomic E-state index is 11.7. The van der Waals surface area contributed by atoms with Gasteiger partial charge in [-0.2, -0.15) is 0 Å². The lowest BCUT2D eigenvalue weighted by atomic mass is 10.0. The topological polar surface area (TPSA) is 38.3 Å². The lowest BCUT2D eigenvalue weighted by molar-refractivity contribution is -0.130. The zero-order valence-electron chi connectivity index (χ0n) is 8.93. The number of ether oxygens (including phenoxy) is 1. The maximum atomic E-state index is 11.7. The minimum absolute atomic E-state index is 0.0633. The van der Waals surface area contributed by atoms with Crippen LogP contribution in [0.3, 0.4) is 0 Å². The summed E-state index contributed by atoms with van der Waals surface area (Å²) < 4.78 is 5.32. The summed E-state index contributed by atoms with van der Waals surface area (Å²) in [5, 5.41) is 2.99. The van der Waals surface area contributed by atoms with Crippen LogP contribution in [-0.4, -0.2) is 31.0 Å². The average molecular weight is 232 g/mol. The van der Waals surface area contributed by atoms with Crippen molar-refractivity contribution in [1.82, 2.24) is 5.32 Å². The van der Waals surface area contributed by atoms with Gasteiger partial charge in [-0.1, -0.05) is 0 Å². The average Bonchev–Trinajstić information content (AvgIpc) is 2.81. The van der Waals surface area contributed by atoms with E-state index in [-0.39, 0.29) is 12.0 Å². The van der Waals surface area contributed by atoms with E-state index in [9.17, 15) is 4.79 Å². The number of amides is 1. The molecule has 2 rings (SSSR count). The van der Waals surface area contributed by atoms with Gasteiger partial charge in [-0.05, 0) is 37.5 Å². The van der Waals surface area contributed by atoms with Crippen LogP contribution in [0.15, 0.2) is 0 Å². The first kappa shape index (κ1) is 11.2. The molecule has 1 N–H and O–H groups in total. The van der Waals surface area contributed by atoms with E-state index in [1.54, 1.807) is 0 Å². The Morgan fingerprint density at radius 1 is 1.53 bits per heavy atom. The third kappa shape index (κ3) is 2.85. The van der Waals surface area contributed by atoms with Crippen molar-refractivity contribution in [1.29, 1.82) is 0 Å². The Hall–Kier alpha value is -0.280. The summed E-state index contributed by atoms with van der Waals surface area (Å²) in [7, 11) is 0. The Bertz CT molecular complexity index is 235. The SMILES string of the molecule is O=C(NCC1(CCCl)CC1)C1CCCO1. The van der Waals surface area contributed by atoms with Gasteiger partial charge in [-0.3, -0.25) is 4.79 Å². The van der Waals surface area contributed by atoms with E-state index in [4.69, 9.17) is 16.3 Å². The molecule has 0 aromatic carbocycles. The lowest BCUT2D eigenvalue weighted by Gasteiger charge is -2.16. The Morgan fingerprint density at radius 2 is 2.33 bits per heavy atom. The molecule has 3 nitrogen and oxygen atoms in total. The second-order valence-corrected chi connectivity index (χ2v) is 5.04. The van der Waals surface area contributed by atoms with Gasteiger partial charge < -0.3 is 10.1 Å². The van der Waals surface area contributed by atoms with Crippen LogP contribution in [0.5, 0.6) is 0 Å². The predicted octanol–water partition coefficient (Wildman–Crippen LogP) is 1.69. The molecule has 1 saturated heterocycles. The monoisotopic (exact) mass is 231 g/mol. The third-order valence-corrected chi connectivity index (χ3v) is 3.63. The van der Waals surface area contributed by atoms with Crippen LogP contribution in [0, 0.1) is 5.41 Å². The number of hydrogen-bond donors (Lipinski definition) is 1. The van der Waals surface area contributed by atoms with E-state index in [1.807, 2.05) is 0 Å². The van der Waals surface area contributed by atoms with Crippen LogP contribution in [0.25, 0.3) is 0 Å². The summed E-state index contributed by atoms with van der Waals surface area (Å²) in [6.45, 7) is 1.50. The van der Waals surface area contributed by atoms with Crippen molar-refractivity contribution in [3.63, 3.8) is 0 Å². The van der Waals surface area contributed by atoms with Crippen LogP contribution in [0.2, 0.25) is 0 Å². The van der Waals surface area contributed by atoms with Gasteiger partial charge in [0.15, 0.2) is 0 Å². The lowest BCUT2D eigenvalue weighted by Crippen LogP contribution is -2.37. The molecule has 2 fully saturated rings. The molecule has 15 heavy (non-hydrogen) atoms. The molecule has 1 saturated carbocycles. The van der Waals surface area contributed by atoms with Gasteiger partial charge in [0.05, 0.1) is 0 Å². The minimum Gasteiger partial charge on any atom is -0.368 e. The van der Waals surface area contributed by atoms with Gasteiger partial charge in [-0.15, -0.1) is 11.6 Å². The Labute approximate surface area is 95.5 Å². The molecule has 0 aromatic heterocycles. The maximum Gasteiger partial charge on any atom is 0.249 e. The van der Waals surface area contributed by atoms with Gasteiger partial charge >= 0.3 is 0 Å². The normalized spacial score (nSPS) is 27.7. The standard InChI is InChI=1S/C11H18ClNO2/c12-6-5-11(3-4-11)8-13-10(14)9-2-1-7-15-9/h9H,1-8H2,(H,13,14). The fourth-order valence-corrected chi connectivity index (χ4v) is 2.47. The van der Waals surface area contributed by atoms with Crippen molar-refractivity contribution in [3.8, 4) is 0 Å². The second-order valence-electron chi connectivity index (χ2n) is 4.66. The molecule has 1 amide bonds. The second kappa shape index (κ2) is 4.71. The molecule has 1 unspecified atom stereocenters. The smallest absolute Gasteiger partial charge is 0.249 e. The van der Waals surface area contributed by atoms with Crippen molar-refractivity contribution in [2.75, 3.05) is 19.0 Å². The number of carbonyl (C=O) groups is 1. The number of carbonyl (C=O) groups excluding carboxylic acids is 1. The van der Waals surface area contributed by atoms with Crippen molar-refractivity contribution in [2.24, 2.45) is 5.41 Å². The largest absolute Gasteiger partial charge is 0.368 e. The first-order chi connectivity index (χ1) is 7.26. The van der Waals surface area contributed by atoms with E-state index >= 15 is 0 Å². The molecule has 4 heteroatoms. The van der Waals surface area contributed by atoms with Gasteiger partial charge in [0.25, 0.3) is 0 Å². The number of hydrogen-bond acceptors (Lipinski definition) is 2. The predicted molar refractivity (Wildman–Crippen MR) is 59.0 cm³/mol. The Kier molecular flexibility index (Phi) is 3.52. The van der Waals surface area contributed by atoms with Gasteiger partial charge in [0.1, 0.15) is 6.10 Å². The van der Waals surface area contributed by atoms with Crippen molar-refractivity contribution < 1.29 is 9.53 Å². The number of rotatable bonds is 5. The molecule has 1 atom stereocenters. The number of alkyl halides is 1. The van der Waals surface area contributed by atoms with Crippen molar-refractivity contribution in [2.45, 2.75) is 38.2 Å². The quantitative estimate of drug-likeness (QED) is 0.732. The van der Waals surface area contributed by atoms with Crippen LogP contribution in [-0.2, 0) is 9.53 Å². The van der Waals surface area contributed by atoms with Gasteiger partial charge in [0, 0.05) is 19.0 Å². The molecule has 1 aliphatic heterocycles. The zero-order chi connectivity index (χ0) is 10.7. The highest BCUT2D eigenvalue weighted by molar-refractivity contribution is 6.17. The highest BCUT2D eigenvalue weighted by Crippen LogP contribution is 2.48. The molecule has 2 aliphatic rings. The summed E-state index contributed by atoms with van der Waals surface area (Å²) >= 11 is 5.73. The summed E-state index contributed by atoms with van der Waals surface area (Å²) in [5.41, 5.74) is 0.315. The van der Waals surface area contributed by atoms with Crippen molar-refractivity contribution >= 4 is 17.5 Å². The van der Waals surface area contributed by atoms with E-state index in [1.165, 1.54) is 12.8 Å². The molecular weight excluding hydrogens is 214 g/mol. The van der Waals surface area contributed by atoms with Crippen LogP contribution in [0.1, 0.15) is 32.1 Å². The van der Waals surface area contributed by atoms with Crippen LogP contribution >= 0.6 is 11.6 Å². The van der Waals surface area contributed by atoms with Crippen molar-refractivity contribution in [3.05, 3.63) is 0 Å². The summed E-state index contributed by atoms with van der Waals surface area (Å²) in [6.07, 6.45) is 5.09. The van der Waals surface area contributed by atoms with E-state index in [0.29, 0.717) is 11.3 Å². The fraction of sp³-hybridized carbons (Fsp3) is 0.909. The van der Waals surface area contributed by atoms with E-state index in [2.05, 4.69) is 5.32 Å². The molecular formula is C11H18ClNO2. The molecule has 0 radical (unpaired) electrons. The minimum atomic E-state index is -0.197. The summed E-state index contributed by atoms with van der Waals surface area (Å²) in [6, 6.07) is 0. The molecule has 1 aliphatic carbocycles. The van der Waals surface area contributed by atoms with Crippen LogP contribution in [0.4, 0.5) is 0 Å². The highest BCUT2D eigenvalue weighted by atomic mass is 35.5. The first-order valence-electron chi connectivity index (χ1n) is 5.71. The molecule has 0 spiro atoms. The van der Waals surface area contributed by atoms with Gasteiger partial charge in [-0.25, -0.2) is 0 Å². The van der Waals surface area contributed by atoms with E-state index in [0.717, 1.165) is 32.4 Å². The van der Waals surface area contributed by atoms with Crippen LogP contribution < -0.4 is 5.32 Å². The van der Waals surface area contributed by atoms with Gasteiger partial charge in [0.2, 0.25) is 5.91 Å². The molecule has 1 heterocycles. The Morgan fingerprint density at radius 3 is 2.87 bits per heavy atom. The molecule has 0 aromatic rings. The third-order valence-electron chi connectivity index (χ3n) is 3.44. The fourth-order valence-electron chi connectivity index (χ4n) is 2.07. The summed E-state index contributed by atoms with van der Waals surface area (Å²) in [5.74, 6) is 0.754. The highest BCUT2D eigenvalue weighted by Gasteiger charge is 2.42. The van der Waals surface area contributed by atoms with E-state index < -0.39 is 0 Å². The number of halogens is 1. The summed E-state index contributed by atoms with van der Waals surface area (Å²) in [4.78, 5) is 11.7. The molecule has 86 valence electrons.